The third-order valence-electron chi connectivity index (χ3n) is 2.64. The summed E-state index contributed by atoms with van der Waals surface area (Å²) in [5.74, 6) is 0.363. The summed E-state index contributed by atoms with van der Waals surface area (Å²) in [7, 11) is 0. The van der Waals surface area contributed by atoms with Crippen LogP contribution < -0.4 is 0 Å². The number of carbonyl (C=O) groups is 1. The number of fused-ring (bicyclic) bond motifs is 1. The molecule has 0 aliphatic carbocycles. The Morgan fingerprint density at radius 2 is 2.12 bits per heavy atom. The van der Waals surface area contributed by atoms with Crippen LogP contribution in [0.3, 0.4) is 0 Å². The molecule has 3 aromatic rings. The first kappa shape index (κ1) is 10.3. The van der Waals surface area contributed by atoms with Crippen molar-refractivity contribution < 1.29 is 9.21 Å². The van der Waals surface area contributed by atoms with Gasteiger partial charge in [-0.1, -0.05) is 17.7 Å². The normalized spacial score (nSPS) is 10.9. The van der Waals surface area contributed by atoms with Crippen molar-refractivity contribution in [2.24, 2.45) is 0 Å². The van der Waals surface area contributed by atoms with Gasteiger partial charge in [0, 0.05) is 5.39 Å². The van der Waals surface area contributed by atoms with Crippen molar-refractivity contribution in [1.29, 1.82) is 0 Å². The fraction of sp³-hybridized carbons (Fsp3) is 0.0714. The Labute approximate surface area is 102 Å². The highest BCUT2D eigenvalue weighted by Gasteiger charge is 2.15. The molecule has 0 fully saturated rings. The highest BCUT2D eigenvalue weighted by atomic mass is 32.1. The lowest BCUT2D eigenvalue weighted by Gasteiger charge is -1.90. The first-order valence-electron chi connectivity index (χ1n) is 5.32. The van der Waals surface area contributed by atoms with Crippen LogP contribution in [0.1, 0.15) is 21.0 Å². The monoisotopic (exact) mass is 242 g/mol. The van der Waals surface area contributed by atoms with Crippen molar-refractivity contribution in [3.63, 3.8) is 0 Å². The van der Waals surface area contributed by atoms with E-state index in [2.05, 4.69) is 0 Å². The van der Waals surface area contributed by atoms with Gasteiger partial charge in [-0.15, -0.1) is 11.3 Å². The summed E-state index contributed by atoms with van der Waals surface area (Å²) >= 11 is 1.43. The molecule has 3 rings (SSSR count). The summed E-state index contributed by atoms with van der Waals surface area (Å²) < 4.78 is 5.57. The second kappa shape index (κ2) is 3.86. The van der Waals surface area contributed by atoms with Crippen LogP contribution in [0.25, 0.3) is 11.0 Å². The molecular formula is C14H10O2S. The molecule has 3 heteroatoms. The Balaban J connectivity index is 2.09. The number of thiophene rings is 1. The van der Waals surface area contributed by atoms with Crippen LogP contribution in [0.2, 0.25) is 0 Å². The van der Waals surface area contributed by atoms with Crippen molar-refractivity contribution in [3.8, 4) is 0 Å². The van der Waals surface area contributed by atoms with Gasteiger partial charge in [-0.05, 0) is 36.6 Å². The van der Waals surface area contributed by atoms with Gasteiger partial charge < -0.3 is 4.42 Å². The fourth-order valence-corrected chi connectivity index (χ4v) is 2.47. The van der Waals surface area contributed by atoms with E-state index >= 15 is 0 Å². The first-order chi connectivity index (χ1) is 8.24. The predicted molar refractivity (Wildman–Crippen MR) is 68.7 cm³/mol. The molecule has 0 bridgehead atoms. The molecule has 0 spiro atoms. The summed E-state index contributed by atoms with van der Waals surface area (Å²) in [4.78, 5) is 12.8. The van der Waals surface area contributed by atoms with Crippen molar-refractivity contribution in [2.75, 3.05) is 0 Å². The van der Waals surface area contributed by atoms with Gasteiger partial charge in [-0.25, -0.2) is 0 Å². The molecule has 2 aromatic heterocycles. The van der Waals surface area contributed by atoms with Gasteiger partial charge in [0.05, 0.1) is 4.88 Å². The predicted octanol–water partition coefficient (Wildman–Crippen LogP) is 4.03. The SMILES string of the molecule is Cc1ccc2oc(C(=O)c3cccs3)cc2c1. The van der Waals surface area contributed by atoms with Crippen LogP contribution in [0.15, 0.2) is 46.2 Å². The van der Waals surface area contributed by atoms with Crippen molar-refractivity contribution in [1.82, 2.24) is 0 Å². The lowest BCUT2D eigenvalue weighted by atomic mass is 10.1. The van der Waals surface area contributed by atoms with Crippen molar-refractivity contribution in [2.45, 2.75) is 6.92 Å². The largest absolute Gasteiger partial charge is 0.453 e. The summed E-state index contributed by atoms with van der Waals surface area (Å²) in [6, 6.07) is 11.4. The molecule has 2 nitrogen and oxygen atoms in total. The van der Waals surface area contributed by atoms with Gasteiger partial charge >= 0.3 is 0 Å². The maximum Gasteiger partial charge on any atom is 0.238 e. The van der Waals surface area contributed by atoms with Gasteiger partial charge in [-0.3, -0.25) is 4.79 Å². The maximum absolute atomic E-state index is 12.1. The number of benzene rings is 1. The molecular weight excluding hydrogens is 232 g/mol. The highest BCUT2D eigenvalue weighted by Crippen LogP contribution is 2.23. The smallest absolute Gasteiger partial charge is 0.238 e. The second-order valence-corrected chi connectivity index (χ2v) is 4.91. The number of rotatable bonds is 2. The Bertz CT molecular complexity index is 677. The third kappa shape index (κ3) is 1.78. The number of aryl methyl sites for hydroxylation is 1. The van der Waals surface area contributed by atoms with E-state index in [-0.39, 0.29) is 5.78 Å². The molecule has 0 N–H and O–H groups in total. The van der Waals surface area contributed by atoms with Crippen LogP contribution in [0.4, 0.5) is 0 Å². The van der Waals surface area contributed by atoms with Gasteiger partial charge in [0.15, 0.2) is 5.76 Å². The molecule has 17 heavy (non-hydrogen) atoms. The zero-order valence-electron chi connectivity index (χ0n) is 9.27. The van der Waals surface area contributed by atoms with Crippen LogP contribution in [-0.4, -0.2) is 5.78 Å². The molecule has 2 heterocycles. The van der Waals surface area contributed by atoms with E-state index in [9.17, 15) is 4.79 Å². The molecule has 0 amide bonds. The van der Waals surface area contributed by atoms with Crippen LogP contribution in [0, 0.1) is 6.92 Å². The fourth-order valence-electron chi connectivity index (χ4n) is 1.80. The van der Waals surface area contributed by atoms with E-state index in [4.69, 9.17) is 4.42 Å². The molecule has 84 valence electrons. The molecule has 1 aromatic carbocycles. The summed E-state index contributed by atoms with van der Waals surface area (Å²) in [5, 5.41) is 2.87. The standard InChI is InChI=1S/C14H10O2S/c1-9-4-5-11-10(7-9)8-12(16-11)14(15)13-3-2-6-17-13/h2-8H,1H3. The maximum atomic E-state index is 12.1. The Morgan fingerprint density at radius 3 is 2.88 bits per heavy atom. The molecule has 0 aliphatic rings. The van der Waals surface area contributed by atoms with Gasteiger partial charge in [0.2, 0.25) is 5.78 Å². The Morgan fingerprint density at radius 1 is 1.24 bits per heavy atom. The summed E-state index contributed by atoms with van der Waals surface area (Å²) in [5.41, 5.74) is 1.92. The minimum Gasteiger partial charge on any atom is -0.453 e. The number of furan rings is 1. The minimum atomic E-state index is -0.0474. The van der Waals surface area contributed by atoms with Gasteiger partial charge in [0.1, 0.15) is 5.58 Å². The Hall–Kier alpha value is -1.87. The van der Waals surface area contributed by atoms with E-state index in [0.717, 1.165) is 16.5 Å². The quantitative estimate of drug-likeness (QED) is 0.635. The average molecular weight is 242 g/mol. The van der Waals surface area contributed by atoms with Gasteiger partial charge in [0.25, 0.3) is 0 Å². The second-order valence-electron chi connectivity index (χ2n) is 3.96. The molecule has 0 saturated carbocycles. The van der Waals surface area contributed by atoms with Crippen molar-refractivity contribution >= 4 is 28.1 Å². The lowest BCUT2D eigenvalue weighted by molar-refractivity contribution is 0.101. The topological polar surface area (TPSA) is 30.2 Å². The number of carbonyl (C=O) groups excluding carboxylic acids is 1. The molecule has 0 atom stereocenters. The zero-order chi connectivity index (χ0) is 11.8. The van der Waals surface area contributed by atoms with Crippen LogP contribution >= 0.6 is 11.3 Å². The molecule has 0 aliphatic heterocycles. The van der Waals surface area contributed by atoms with Crippen LogP contribution in [-0.2, 0) is 0 Å². The average Bonchev–Trinajstić information content (AvgIpc) is 2.96. The van der Waals surface area contributed by atoms with Gasteiger partial charge in [-0.2, -0.15) is 0 Å². The van der Waals surface area contributed by atoms with E-state index < -0.39 is 0 Å². The molecule has 0 saturated heterocycles. The third-order valence-corrected chi connectivity index (χ3v) is 3.51. The van der Waals surface area contributed by atoms with Crippen LogP contribution in [0.5, 0.6) is 0 Å². The highest BCUT2D eigenvalue weighted by molar-refractivity contribution is 7.12. The number of hydrogen-bond donors (Lipinski definition) is 0. The minimum absolute atomic E-state index is 0.0474. The number of ketones is 1. The first-order valence-corrected chi connectivity index (χ1v) is 6.20. The molecule has 0 unspecified atom stereocenters. The lowest BCUT2D eigenvalue weighted by Crippen LogP contribution is -1.95. The van der Waals surface area contributed by atoms with E-state index in [0.29, 0.717) is 10.6 Å². The Kier molecular flexibility index (Phi) is 2.34. The van der Waals surface area contributed by atoms with E-state index in [1.54, 1.807) is 0 Å². The summed E-state index contributed by atoms with van der Waals surface area (Å²) in [6.07, 6.45) is 0. The van der Waals surface area contributed by atoms with E-state index in [1.807, 2.05) is 48.7 Å². The van der Waals surface area contributed by atoms with Crippen molar-refractivity contribution in [3.05, 3.63) is 58.0 Å². The number of hydrogen-bond acceptors (Lipinski definition) is 3. The zero-order valence-corrected chi connectivity index (χ0v) is 10.1. The van der Waals surface area contributed by atoms with E-state index in [1.165, 1.54) is 11.3 Å². The summed E-state index contributed by atoms with van der Waals surface area (Å²) in [6.45, 7) is 2.02. The molecule has 0 radical (unpaired) electrons.